The SMILES string of the molecule is Cc1ccc(-c2csc(NC(=O)c3n[nH]c(=O)c4ccccc34)n2)c(C)c1. The molecular formula is C20H16N4O2S. The minimum atomic E-state index is -0.413. The molecule has 0 unspecified atom stereocenters. The predicted molar refractivity (Wildman–Crippen MR) is 107 cm³/mol. The van der Waals surface area contributed by atoms with Crippen LogP contribution in [0.4, 0.5) is 5.13 Å². The highest BCUT2D eigenvalue weighted by Gasteiger charge is 2.16. The third kappa shape index (κ3) is 3.24. The van der Waals surface area contributed by atoms with Crippen molar-refractivity contribution in [3.8, 4) is 11.3 Å². The highest BCUT2D eigenvalue weighted by atomic mass is 32.1. The lowest BCUT2D eigenvalue weighted by Gasteiger charge is -2.05. The molecule has 7 heteroatoms. The smallest absolute Gasteiger partial charge is 0.278 e. The molecule has 2 aromatic carbocycles. The summed E-state index contributed by atoms with van der Waals surface area (Å²) in [6.07, 6.45) is 0. The van der Waals surface area contributed by atoms with Gasteiger partial charge in [0.2, 0.25) is 0 Å². The molecule has 2 heterocycles. The van der Waals surface area contributed by atoms with E-state index in [-0.39, 0.29) is 11.3 Å². The lowest BCUT2D eigenvalue weighted by Crippen LogP contribution is -2.19. The van der Waals surface area contributed by atoms with Crippen molar-refractivity contribution in [3.63, 3.8) is 0 Å². The molecular weight excluding hydrogens is 360 g/mol. The zero-order valence-corrected chi connectivity index (χ0v) is 15.6. The monoisotopic (exact) mass is 376 g/mol. The molecule has 1 amide bonds. The van der Waals surface area contributed by atoms with Crippen LogP contribution in [0.25, 0.3) is 22.0 Å². The van der Waals surface area contributed by atoms with Gasteiger partial charge in [-0.1, -0.05) is 42.0 Å². The van der Waals surface area contributed by atoms with Crippen LogP contribution in [-0.2, 0) is 0 Å². The normalized spacial score (nSPS) is 10.9. The van der Waals surface area contributed by atoms with E-state index in [1.165, 1.54) is 16.9 Å². The third-order valence-electron chi connectivity index (χ3n) is 4.29. The maximum atomic E-state index is 12.7. The second kappa shape index (κ2) is 6.77. The molecule has 134 valence electrons. The molecule has 0 bridgehead atoms. The Morgan fingerprint density at radius 3 is 2.67 bits per heavy atom. The quantitative estimate of drug-likeness (QED) is 0.567. The van der Waals surface area contributed by atoms with Crippen molar-refractivity contribution in [2.24, 2.45) is 0 Å². The molecule has 0 radical (unpaired) electrons. The Labute approximate surface area is 158 Å². The van der Waals surface area contributed by atoms with Crippen LogP contribution in [0, 0.1) is 13.8 Å². The molecule has 0 atom stereocenters. The molecule has 2 aromatic heterocycles. The van der Waals surface area contributed by atoms with Crippen LogP contribution in [0.3, 0.4) is 0 Å². The van der Waals surface area contributed by atoms with Gasteiger partial charge in [0.15, 0.2) is 10.8 Å². The molecule has 0 saturated carbocycles. The van der Waals surface area contributed by atoms with E-state index in [0.717, 1.165) is 16.8 Å². The van der Waals surface area contributed by atoms with Gasteiger partial charge in [-0.25, -0.2) is 10.1 Å². The fraction of sp³-hybridized carbons (Fsp3) is 0.100. The van der Waals surface area contributed by atoms with Crippen molar-refractivity contribution in [2.45, 2.75) is 13.8 Å². The van der Waals surface area contributed by atoms with Crippen molar-refractivity contribution < 1.29 is 4.79 Å². The topological polar surface area (TPSA) is 87.7 Å². The molecule has 27 heavy (non-hydrogen) atoms. The van der Waals surface area contributed by atoms with Gasteiger partial charge in [0.25, 0.3) is 11.5 Å². The summed E-state index contributed by atoms with van der Waals surface area (Å²) in [5.41, 5.74) is 4.00. The zero-order valence-electron chi connectivity index (χ0n) is 14.7. The Kier molecular flexibility index (Phi) is 4.29. The Bertz CT molecular complexity index is 1230. The van der Waals surface area contributed by atoms with Gasteiger partial charge in [-0.3, -0.25) is 14.9 Å². The molecule has 0 spiro atoms. The molecule has 4 aromatic rings. The summed E-state index contributed by atoms with van der Waals surface area (Å²) in [4.78, 5) is 29.1. The van der Waals surface area contributed by atoms with Crippen molar-refractivity contribution in [3.05, 3.63) is 75.0 Å². The van der Waals surface area contributed by atoms with Gasteiger partial charge in [0, 0.05) is 16.3 Å². The number of thiazole rings is 1. The first-order valence-electron chi connectivity index (χ1n) is 8.35. The number of carbonyl (C=O) groups is 1. The summed E-state index contributed by atoms with van der Waals surface area (Å²) in [6, 6.07) is 13.0. The average molecular weight is 376 g/mol. The van der Waals surface area contributed by atoms with Crippen molar-refractivity contribution in [2.75, 3.05) is 5.32 Å². The molecule has 0 fully saturated rings. The van der Waals surface area contributed by atoms with Gasteiger partial charge in [-0.15, -0.1) is 11.3 Å². The molecule has 0 aliphatic rings. The van der Waals surface area contributed by atoms with Crippen molar-refractivity contribution in [1.82, 2.24) is 15.2 Å². The van der Waals surface area contributed by atoms with Gasteiger partial charge < -0.3 is 0 Å². The van der Waals surface area contributed by atoms with Crippen LogP contribution in [0.2, 0.25) is 0 Å². The fourth-order valence-corrected chi connectivity index (χ4v) is 3.71. The fourth-order valence-electron chi connectivity index (χ4n) is 3.00. The molecule has 6 nitrogen and oxygen atoms in total. The van der Waals surface area contributed by atoms with E-state index < -0.39 is 5.91 Å². The van der Waals surface area contributed by atoms with Gasteiger partial charge >= 0.3 is 0 Å². The first-order chi connectivity index (χ1) is 13.0. The van der Waals surface area contributed by atoms with Crippen molar-refractivity contribution in [1.29, 1.82) is 0 Å². The molecule has 0 aliphatic carbocycles. The summed E-state index contributed by atoms with van der Waals surface area (Å²) < 4.78 is 0. The van der Waals surface area contributed by atoms with Gasteiger partial charge in [-0.2, -0.15) is 5.10 Å². The highest BCUT2D eigenvalue weighted by molar-refractivity contribution is 7.14. The average Bonchev–Trinajstić information content (AvgIpc) is 3.10. The summed E-state index contributed by atoms with van der Waals surface area (Å²) in [6.45, 7) is 4.08. The van der Waals surface area contributed by atoms with Crippen LogP contribution < -0.4 is 10.9 Å². The molecule has 0 saturated heterocycles. The number of amides is 1. The number of aromatic nitrogens is 3. The second-order valence-electron chi connectivity index (χ2n) is 6.26. The van der Waals surface area contributed by atoms with Crippen LogP contribution in [0.1, 0.15) is 21.6 Å². The minimum Gasteiger partial charge on any atom is -0.296 e. The number of H-pyrrole nitrogens is 1. The summed E-state index contributed by atoms with van der Waals surface area (Å²) in [7, 11) is 0. The van der Waals surface area contributed by atoms with Crippen LogP contribution >= 0.6 is 11.3 Å². The minimum absolute atomic E-state index is 0.161. The number of benzene rings is 2. The van der Waals surface area contributed by atoms with E-state index in [2.05, 4.69) is 26.6 Å². The van der Waals surface area contributed by atoms with Crippen LogP contribution in [0.5, 0.6) is 0 Å². The molecule has 0 aliphatic heterocycles. The van der Waals surface area contributed by atoms with E-state index in [0.29, 0.717) is 15.9 Å². The van der Waals surface area contributed by atoms with E-state index in [9.17, 15) is 9.59 Å². The second-order valence-corrected chi connectivity index (χ2v) is 7.12. The number of rotatable bonds is 3. The van der Waals surface area contributed by atoms with Gasteiger partial charge in [0.1, 0.15) is 0 Å². The zero-order chi connectivity index (χ0) is 19.0. The highest BCUT2D eigenvalue weighted by Crippen LogP contribution is 2.28. The number of anilines is 1. The van der Waals surface area contributed by atoms with E-state index >= 15 is 0 Å². The number of nitrogens with one attached hydrogen (secondary N) is 2. The number of fused-ring (bicyclic) bond motifs is 1. The molecule has 2 N–H and O–H groups in total. The number of nitrogens with zero attached hydrogens (tertiary/aromatic N) is 2. The third-order valence-corrected chi connectivity index (χ3v) is 5.05. The number of carbonyl (C=O) groups excluding carboxylic acids is 1. The maximum Gasteiger partial charge on any atom is 0.278 e. The maximum absolute atomic E-state index is 12.7. The molecule has 4 rings (SSSR count). The lowest BCUT2D eigenvalue weighted by molar-refractivity contribution is 0.102. The first-order valence-corrected chi connectivity index (χ1v) is 9.23. The van der Waals surface area contributed by atoms with E-state index in [1.807, 2.05) is 31.4 Å². The predicted octanol–water partition coefficient (Wildman–Crippen LogP) is 3.92. The summed E-state index contributed by atoms with van der Waals surface area (Å²) in [5.74, 6) is -0.413. The van der Waals surface area contributed by atoms with Gasteiger partial charge in [0.05, 0.1) is 11.1 Å². The number of aromatic amines is 1. The van der Waals surface area contributed by atoms with Crippen molar-refractivity contribution >= 4 is 33.1 Å². The standard InChI is InChI=1S/C20H16N4O2S/c1-11-7-8-13(12(2)9-11)16-10-27-20(21-16)22-19(26)17-14-5-3-4-6-15(14)18(25)24-23-17/h3-10H,1-2H3,(H,24,25)(H,21,22,26). The largest absolute Gasteiger partial charge is 0.296 e. The Morgan fingerprint density at radius 1 is 1.11 bits per heavy atom. The van der Waals surface area contributed by atoms with Gasteiger partial charge in [-0.05, 0) is 25.5 Å². The Balaban J connectivity index is 1.64. The first kappa shape index (κ1) is 17.1. The number of aryl methyl sites for hydroxylation is 2. The van der Waals surface area contributed by atoms with E-state index in [1.54, 1.807) is 24.3 Å². The van der Waals surface area contributed by atoms with Crippen LogP contribution in [0.15, 0.2) is 52.6 Å². The number of hydrogen-bond acceptors (Lipinski definition) is 5. The van der Waals surface area contributed by atoms with Crippen LogP contribution in [-0.4, -0.2) is 21.1 Å². The Hall–Kier alpha value is -3.32. The summed E-state index contributed by atoms with van der Waals surface area (Å²) >= 11 is 1.35. The summed E-state index contributed by atoms with van der Waals surface area (Å²) in [5, 5.41) is 12.4. The Morgan fingerprint density at radius 2 is 1.89 bits per heavy atom. The van der Waals surface area contributed by atoms with E-state index in [4.69, 9.17) is 0 Å². The lowest BCUT2D eigenvalue weighted by atomic mass is 10.0. The number of hydrogen-bond donors (Lipinski definition) is 2.